The van der Waals surface area contributed by atoms with E-state index in [1.165, 1.54) is 0 Å². The van der Waals surface area contributed by atoms with Crippen LogP contribution < -0.4 is 0 Å². The molecule has 1 fully saturated rings. The lowest BCUT2D eigenvalue weighted by molar-refractivity contribution is 0.0221. The van der Waals surface area contributed by atoms with E-state index in [-0.39, 0.29) is 29.9 Å². The van der Waals surface area contributed by atoms with Gasteiger partial charge in [-0.25, -0.2) is 9.59 Å². The molecule has 5 heteroatoms. The van der Waals surface area contributed by atoms with Gasteiger partial charge >= 0.3 is 11.9 Å². The van der Waals surface area contributed by atoms with Crippen LogP contribution in [0.3, 0.4) is 0 Å². The molecule has 2 atom stereocenters. The van der Waals surface area contributed by atoms with E-state index in [0.717, 1.165) is 33.7 Å². The van der Waals surface area contributed by atoms with Crippen LogP contribution >= 0.6 is 11.8 Å². The van der Waals surface area contributed by atoms with E-state index < -0.39 is 0 Å². The van der Waals surface area contributed by atoms with Crippen LogP contribution in [0.1, 0.15) is 27.1 Å². The molecule has 4 aromatic carbocycles. The summed E-state index contributed by atoms with van der Waals surface area (Å²) in [6.07, 6.45) is 0.478. The minimum absolute atomic E-state index is 0.0659. The van der Waals surface area contributed by atoms with Crippen molar-refractivity contribution >= 4 is 45.2 Å². The van der Waals surface area contributed by atoms with Crippen molar-refractivity contribution in [2.45, 2.75) is 17.8 Å². The maximum atomic E-state index is 12.7. The first-order valence-corrected chi connectivity index (χ1v) is 11.7. The van der Waals surface area contributed by atoms with Crippen LogP contribution in [0.2, 0.25) is 0 Å². The first-order valence-electron chi connectivity index (χ1n) is 10.6. The Bertz CT molecular complexity index is 1300. The van der Waals surface area contributed by atoms with Crippen LogP contribution in [0.25, 0.3) is 21.5 Å². The van der Waals surface area contributed by atoms with Crippen molar-refractivity contribution in [2.24, 2.45) is 0 Å². The third kappa shape index (κ3) is 4.34. The highest BCUT2D eigenvalue weighted by Gasteiger charge is 2.32. The Morgan fingerprint density at radius 2 is 1.31 bits per heavy atom. The van der Waals surface area contributed by atoms with Gasteiger partial charge in [-0.1, -0.05) is 60.7 Å². The van der Waals surface area contributed by atoms with E-state index in [0.29, 0.717) is 11.1 Å². The molecule has 4 nitrogen and oxygen atoms in total. The van der Waals surface area contributed by atoms with Gasteiger partial charge < -0.3 is 9.47 Å². The first-order chi connectivity index (χ1) is 15.7. The zero-order valence-electron chi connectivity index (χ0n) is 17.4. The standard InChI is InChI=1S/C27H22O4S/c28-26(22-11-9-18-5-1-3-7-20(18)15-22)30-17-25-24(13-14-32-25)31-27(29)23-12-10-19-6-2-4-8-21(19)16-23/h1-12,15-16,24-25H,13-14,17H2/t24-,25-/m1/s1. The van der Waals surface area contributed by atoms with E-state index in [2.05, 4.69) is 0 Å². The van der Waals surface area contributed by atoms with Gasteiger partial charge in [0.1, 0.15) is 12.7 Å². The lowest BCUT2D eigenvalue weighted by atomic mass is 10.1. The number of fused-ring (bicyclic) bond motifs is 2. The Labute approximate surface area is 190 Å². The molecule has 4 aromatic rings. The van der Waals surface area contributed by atoms with Crippen LogP contribution in [0.5, 0.6) is 0 Å². The molecule has 32 heavy (non-hydrogen) atoms. The van der Waals surface area contributed by atoms with Gasteiger partial charge in [0.25, 0.3) is 0 Å². The largest absolute Gasteiger partial charge is 0.461 e. The summed E-state index contributed by atoms with van der Waals surface area (Å²) in [6.45, 7) is 0.214. The Balaban J connectivity index is 1.22. The predicted octanol–water partition coefficient (Wildman–Crippen LogP) is 5.88. The molecule has 0 saturated carbocycles. The maximum Gasteiger partial charge on any atom is 0.338 e. The molecule has 0 aliphatic carbocycles. The molecule has 5 rings (SSSR count). The van der Waals surface area contributed by atoms with Crippen molar-refractivity contribution in [3.8, 4) is 0 Å². The molecule has 1 saturated heterocycles. The summed E-state index contributed by atoms with van der Waals surface area (Å²) in [7, 11) is 0. The first kappa shape index (κ1) is 20.6. The maximum absolute atomic E-state index is 12.7. The molecule has 1 aliphatic heterocycles. The summed E-state index contributed by atoms with van der Waals surface area (Å²) >= 11 is 1.68. The van der Waals surface area contributed by atoms with Crippen molar-refractivity contribution in [1.29, 1.82) is 0 Å². The lowest BCUT2D eigenvalue weighted by Crippen LogP contribution is -2.29. The second kappa shape index (κ2) is 9.05. The van der Waals surface area contributed by atoms with Crippen LogP contribution in [0.4, 0.5) is 0 Å². The minimum atomic E-state index is -0.358. The normalized spacial score (nSPS) is 18.0. The summed E-state index contributed by atoms with van der Waals surface area (Å²) < 4.78 is 11.4. The van der Waals surface area contributed by atoms with E-state index in [1.54, 1.807) is 23.9 Å². The second-order valence-electron chi connectivity index (χ2n) is 7.86. The van der Waals surface area contributed by atoms with E-state index in [4.69, 9.17) is 9.47 Å². The predicted molar refractivity (Wildman–Crippen MR) is 128 cm³/mol. The molecular formula is C27H22O4S. The number of hydrogen-bond donors (Lipinski definition) is 0. The fourth-order valence-electron chi connectivity index (χ4n) is 4.00. The van der Waals surface area contributed by atoms with Crippen LogP contribution in [0, 0.1) is 0 Å². The molecule has 0 amide bonds. The zero-order valence-corrected chi connectivity index (χ0v) is 18.2. The highest BCUT2D eigenvalue weighted by molar-refractivity contribution is 8.00. The van der Waals surface area contributed by atoms with Gasteiger partial charge in [0, 0.05) is 0 Å². The molecule has 1 aliphatic rings. The lowest BCUT2D eigenvalue weighted by Gasteiger charge is -2.19. The average molecular weight is 443 g/mol. The molecule has 0 unspecified atom stereocenters. The number of benzene rings is 4. The molecule has 0 aromatic heterocycles. The molecule has 160 valence electrons. The molecule has 0 spiro atoms. The highest BCUT2D eigenvalue weighted by Crippen LogP contribution is 2.31. The number of rotatable bonds is 5. The van der Waals surface area contributed by atoms with Crippen molar-refractivity contribution in [2.75, 3.05) is 12.4 Å². The number of hydrogen-bond acceptors (Lipinski definition) is 5. The number of carbonyl (C=O) groups is 2. The smallest absolute Gasteiger partial charge is 0.338 e. The van der Waals surface area contributed by atoms with Crippen LogP contribution in [-0.2, 0) is 9.47 Å². The van der Waals surface area contributed by atoms with Gasteiger partial charge in [0.2, 0.25) is 0 Å². The van der Waals surface area contributed by atoms with Gasteiger partial charge in [-0.05, 0) is 58.0 Å². The van der Waals surface area contributed by atoms with Crippen molar-refractivity contribution in [3.05, 3.63) is 96.1 Å². The zero-order chi connectivity index (χ0) is 21.9. The van der Waals surface area contributed by atoms with Gasteiger partial charge in [0.15, 0.2) is 0 Å². The van der Waals surface area contributed by atoms with E-state index >= 15 is 0 Å². The summed E-state index contributed by atoms with van der Waals surface area (Å²) in [5, 5.41) is 4.10. The highest BCUT2D eigenvalue weighted by atomic mass is 32.2. The fraction of sp³-hybridized carbons (Fsp3) is 0.185. The minimum Gasteiger partial charge on any atom is -0.461 e. The van der Waals surface area contributed by atoms with Gasteiger partial charge in [-0.3, -0.25) is 0 Å². The Morgan fingerprint density at radius 1 is 0.750 bits per heavy atom. The molecule has 0 bridgehead atoms. The topological polar surface area (TPSA) is 52.6 Å². The van der Waals surface area contributed by atoms with Crippen LogP contribution in [0.15, 0.2) is 84.9 Å². The third-order valence-corrected chi connectivity index (χ3v) is 7.10. The average Bonchev–Trinajstić information content (AvgIpc) is 3.28. The summed E-state index contributed by atoms with van der Waals surface area (Å²) in [4.78, 5) is 25.3. The molecule has 0 radical (unpaired) electrons. The van der Waals surface area contributed by atoms with E-state index in [1.807, 2.05) is 72.8 Å². The monoisotopic (exact) mass is 442 g/mol. The second-order valence-corrected chi connectivity index (χ2v) is 9.21. The summed E-state index contributed by atoms with van der Waals surface area (Å²) in [6, 6.07) is 26.9. The molecule has 1 heterocycles. The van der Waals surface area contributed by atoms with Crippen molar-refractivity contribution in [1.82, 2.24) is 0 Å². The number of ether oxygens (including phenoxy) is 2. The Kier molecular flexibility index (Phi) is 5.82. The van der Waals surface area contributed by atoms with Gasteiger partial charge in [-0.2, -0.15) is 11.8 Å². The van der Waals surface area contributed by atoms with E-state index in [9.17, 15) is 9.59 Å². The Morgan fingerprint density at radius 3 is 1.94 bits per heavy atom. The number of thioether (sulfide) groups is 1. The summed E-state index contributed by atoms with van der Waals surface area (Å²) in [5.41, 5.74) is 1.06. The van der Waals surface area contributed by atoms with Crippen LogP contribution in [-0.4, -0.2) is 35.7 Å². The molecule has 0 N–H and O–H groups in total. The Hall–Kier alpha value is -3.31. The number of carbonyl (C=O) groups excluding carboxylic acids is 2. The van der Waals surface area contributed by atoms with Gasteiger partial charge in [0.05, 0.1) is 16.4 Å². The SMILES string of the molecule is O=C(OC[C@H]1SCC[C@H]1OC(=O)c1ccc2ccccc2c1)c1ccc2ccccc2c1. The summed E-state index contributed by atoms with van der Waals surface area (Å²) in [5.74, 6) is 0.172. The fourth-order valence-corrected chi connectivity index (χ4v) is 5.24. The van der Waals surface area contributed by atoms with Crippen molar-refractivity contribution < 1.29 is 19.1 Å². The molecular weight excluding hydrogens is 420 g/mol. The third-order valence-electron chi connectivity index (χ3n) is 5.76. The van der Waals surface area contributed by atoms with Crippen molar-refractivity contribution in [3.63, 3.8) is 0 Å². The van der Waals surface area contributed by atoms with Gasteiger partial charge in [-0.15, -0.1) is 0 Å². The quantitative estimate of drug-likeness (QED) is 0.361. The number of esters is 2.